The van der Waals surface area contributed by atoms with E-state index < -0.39 is 0 Å². The summed E-state index contributed by atoms with van der Waals surface area (Å²) in [4.78, 5) is 0. The highest BCUT2D eigenvalue weighted by Gasteiger charge is 2.51. The molecule has 0 spiro atoms. The van der Waals surface area contributed by atoms with Gasteiger partial charge in [0.25, 0.3) is 0 Å². The second-order valence-electron chi connectivity index (χ2n) is 14.7. The second kappa shape index (κ2) is 25.9. The normalized spacial score (nSPS) is 21.6. The van der Waals surface area contributed by atoms with Gasteiger partial charge in [0, 0.05) is 7.11 Å². The zero-order chi connectivity index (χ0) is 37.4. The zero-order valence-corrected chi connectivity index (χ0v) is 32.7. The van der Waals surface area contributed by atoms with Crippen LogP contribution in [0.15, 0.2) is 48.5 Å². The molecule has 0 unspecified atom stereocenters. The lowest BCUT2D eigenvalue weighted by Crippen LogP contribution is -2.48. The lowest BCUT2D eigenvalue weighted by molar-refractivity contribution is -0.0262. The van der Waals surface area contributed by atoms with Crippen molar-refractivity contribution >= 4 is 0 Å². The van der Waals surface area contributed by atoms with Gasteiger partial charge in [-0.2, -0.15) is 0 Å². The summed E-state index contributed by atoms with van der Waals surface area (Å²) in [6, 6.07) is 17.9. The van der Waals surface area contributed by atoms with Gasteiger partial charge in [-0.25, -0.2) is 0 Å². The molecule has 4 aliphatic carbocycles. The van der Waals surface area contributed by atoms with Gasteiger partial charge in [0.1, 0.15) is 12.4 Å². The molecule has 4 aliphatic rings. The zero-order valence-electron chi connectivity index (χ0n) is 32.7. The fraction of sp³-hybridized carbons (Fsp3) is 0.721. The van der Waals surface area contributed by atoms with Crippen molar-refractivity contribution in [3.05, 3.63) is 54.1 Å². The van der Waals surface area contributed by atoms with Crippen molar-refractivity contribution in [2.75, 3.05) is 139 Å². The first-order valence-electron chi connectivity index (χ1n) is 20.3. The molecule has 54 heavy (non-hydrogen) atoms. The van der Waals surface area contributed by atoms with Crippen LogP contribution in [0.4, 0.5) is 0 Å². The molecule has 0 saturated heterocycles. The summed E-state index contributed by atoms with van der Waals surface area (Å²) in [6.45, 7) is 10.6. The summed E-state index contributed by atoms with van der Waals surface area (Å²) in [6.07, 6.45) is 8.70. The first-order chi connectivity index (χ1) is 26.7. The van der Waals surface area contributed by atoms with E-state index in [0.717, 1.165) is 23.5 Å². The van der Waals surface area contributed by atoms with Crippen molar-refractivity contribution in [3.8, 4) is 16.9 Å². The molecule has 0 radical (unpaired) electrons. The predicted octanol–water partition coefficient (Wildman–Crippen LogP) is 6.00. The molecule has 304 valence electrons. The van der Waals surface area contributed by atoms with Crippen molar-refractivity contribution in [3.63, 3.8) is 0 Å². The molecular formula is C43H66O11. The average molecular weight is 759 g/mol. The molecule has 11 nitrogen and oxygen atoms in total. The molecule has 0 heterocycles. The van der Waals surface area contributed by atoms with Gasteiger partial charge < -0.3 is 52.1 Å². The van der Waals surface area contributed by atoms with E-state index in [1.54, 1.807) is 12.7 Å². The minimum Gasteiger partial charge on any atom is -0.491 e. The Morgan fingerprint density at radius 1 is 0.389 bits per heavy atom. The highest BCUT2D eigenvalue weighted by molar-refractivity contribution is 5.64. The highest BCUT2D eigenvalue weighted by atomic mass is 16.6. The molecule has 6 rings (SSSR count). The number of hydrogen-bond donors (Lipinski definition) is 0. The highest BCUT2D eigenvalue weighted by Crippen LogP contribution is 2.60. The Bertz CT molecular complexity index is 1190. The summed E-state index contributed by atoms with van der Waals surface area (Å²) in [5.41, 5.74) is 4.53. The minimum atomic E-state index is 0.454. The van der Waals surface area contributed by atoms with Gasteiger partial charge in [-0.05, 0) is 90.5 Å². The van der Waals surface area contributed by atoms with Crippen molar-refractivity contribution in [2.45, 2.75) is 43.9 Å². The van der Waals surface area contributed by atoms with Crippen LogP contribution in [-0.2, 0) is 52.8 Å². The molecule has 4 bridgehead atoms. The van der Waals surface area contributed by atoms with E-state index in [-0.39, 0.29) is 0 Å². The fourth-order valence-electron chi connectivity index (χ4n) is 8.45. The van der Waals surface area contributed by atoms with Gasteiger partial charge in [-0.3, -0.25) is 0 Å². The van der Waals surface area contributed by atoms with Gasteiger partial charge in [0.2, 0.25) is 0 Å². The molecule has 11 heteroatoms. The van der Waals surface area contributed by atoms with E-state index in [1.807, 2.05) is 12.1 Å². The first-order valence-corrected chi connectivity index (χ1v) is 20.3. The Balaban J connectivity index is 0.741. The molecule has 0 atom stereocenters. The Hall–Kier alpha value is -2.16. The largest absolute Gasteiger partial charge is 0.491 e. The Morgan fingerprint density at radius 2 is 0.685 bits per heavy atom. The molecule has 0 amide bonds. The summed E-state index contributed by atoms with van der Waals surface area (Å²) in [5, 5.41) is 0. The summed E-state index contributed by atoms with van der Waals surface area (Å²) >= 11 is 0. The summed E-state index contributed by atoms with van der Waals surface area (Å²) in [7, 11) is 1.65. The maximum absolute atomic E-state index is 5.89. The van der Waals surface area contributed by atoms with Crippen LogP contribution in [0.1, 0.15) is 44.1 Å². The SMILES string of the molecule is COCCOCCOCCOCCOCCOCCOCCOCCOCCOCCOc1ccc(-c2ccc(C34CC5CC(CC(C5)C3)C4)cc2)cc1. The fourth-order valence-corrected chi connectivity index (χ4v) is 8.45. The third-order valence-electron chi connectivity index (χ3n) is 10.6. The maximum atomic E-state index is 5.89. The van der Waals surface area contributed by atoms with Gasteiger partial charge in [0.05, 0.1) is 126 Å². The number of methoxy groups -OCH3 is 1. The van der Waals surface area contributed by atoms with Gasteiger partial charge in [-0.1, -0.05) is 36.4 Å². The monoisotopic (exact) mass is 758 g/mol. The van der Waals surface area contributed by atoms with Crippen molar-refractivity contribution in [1.82, 2.24) is 0 Å². The van der Waals surface area contributed by atoms with Crippen LogP contribution < -0.4 is 4.74 Å². The van der Waals surface area contributed by atoms with Gasteiger partial charge in [0.15, 0.2) is 0 Å². The molecule has 0 aliphatic heterocycles. The molecular weight excluding hydrogens is 692 g/mol. The van der Waals surface area contributed by atoms with Gasteiger partial charge >= 0.3 is 0 Å². The minimum absolute atomic E-state index is 0.454. The summed E-state index contributed by atoms with van der Waals surface area (Å²) in [5.74, 6) is 3.77. The standard InChI is InChI=1S/C43H66O11/c1-44-10-11-45-12-13-46-14-15-47-16-17-48-18-19-49-20-21-50-22-23-51-24-25-52-26-27-53-28-29-54-42-8-4-40(5-9-42)39-2-6-41(7-3-39)43-33-36-30-37(34-43)32-38(31-36)35-43/h2-9,36-38H,10-35H2,1H3. The molecule has 4 fully saturated rings. The second-order valence-corrected chi connectivity index (χ2v) is 14.7. The molecule has 0 aromatic heterocycles. The first kappa shape index (κ1) is 43.0. The number of ether oxygens (including phenoxy) is 11. The van der Waals surface area contributed by atoms with Crippen LogP contribution in [0, 0.1) is 17.8 Å². The third kappa shape index (κ3) is 15.8. The number of benzene rings is 2. The Morgan fingerprint density at radius 3 is 1.02 bits per heavy atom. The van der Waals surface area contributed by atoms with E-state index in [4.69, 9.17) is 52.1 Å². The molecule has 4 saturated carbocycles. The third-order valence-corrected chi connectivity index (χ3v) is 10.6. The predicted molar refractivity (Wildman–Crippen MR) is 206 cm³/mol. The van der Waals surface area contributed by atoms with E-state index in [2.05, 4.69) is 36.4 Å². The topological polar surface area (TPSA) is 102 Å². The smallest absolute Gasteiger partial charge is 0.119 e. The van der Waals surface area contributed by atoms with Gasteiger partial charge in [-0.15, -0.1) is 0 Å². The van der Waals surface area contributed by atoms with Crippen molar-refractivity contribution in [1.29, 1.82) is 0 Å². The lowest BCUT2D eigenvalue weighted by Gasteiger charge is -2.57. The van der Waals surface area contributed by atoms with Crippen LogP contribution in [0.25, 0.3) is 11.1 Å². The van der Waals surface area contributed by atoms with Crippen LogP contribution in [0.5, 0.6) is 5.75 Å². The average Bonchev–Trinajstić information content (AvgIpc) is 3.18. The van der Waals surface area contributed by atoms with Crippen LogP contribution >= 0.6 is 0 Å². The molecule has 2 aromatic rings. The van der Waals surface area contributed by atoms with Crippen LogP contribution in [0.2, 0.25) is 0 Å². The quantitative estimate of drug-likeness (QED) is 0.0803. The van der Waals surface area contributed by atoms with E-state index in [0.29, 0.717) is 138 Å². The number of hydrogen-bond acceptors (Lipinski definition) is 11. The lowest BCUT2D eigenvalue weighted by atomic mass is 9.48. The number of rotatable bonds is 33. The Kier molecular flexibility index (Phi) is 20.6. The van der Waals surface area contributed by atoms with E-state index >= 15 is 0 Å². The molecule has 2 aromatic carbocycles. The van der Waals surface area contributed by atoms with Crippen molar-refractivity contribution < 1.29 is 52.1 Å². The van der Waals surface area contributed by atoms with Crippen LogP contribution in [-0.4, -0.2) is 139 Å². The van der Waals surface area contributed by atoms with E-state index in [9.17, 15) is 0 Å². The van der Waals surface area contributed by atoms with E-state index in [1.165, 1.54) is 49.7 Å². The van der Waals surface area contributed by atoms with Crippen molar-refractivity contribution in [2.24, 2.45) is 17.8 Å². The molecule has 0 N–H and O–H groups in total. The maximum Gasteiger partial charge on any atom is 0.119 e. The summed E-state index contributed by atoms with van der Waals surface area (Å²) < 4.78 is 60.3. The van der Waals surface area contributed by atoms with Crippen LogP contribution in [0.3, 0.4) is 0 Å². The Labute approximate surface area is 323 Å².